The average Bonchev–Trinajstić information content (AvgIpc) is 2.62. The van der Waals surface area contributed by atoms with Crippen LogP contribution in [0.3, 0.4) is 0 Å². The lowest BCUT2D eigenvalue weighted by Crippen LogP contribution is -1.97. The first-order valence-corrected chi connectivity index (χ1v) is 5.70. The standard InChI is InChI=1S/C13H17N3O/c1-9-6-12(17)7-10(2)13(9)5-4-11-8-16(3)15-14-11/h6-8,17H,4-5H2,1-3H3. The summed E-state index contributed by atoms with van der Waals surface area (Å²) < 4.78 is 1.71. The van der Waals surface area contributed by atoms with Crippen LogP contribution in [0, 0.1) is 13.8 Å². The molecule has 0 aliphatic rings. The van der Waals surface area contributed by atoms with Crippen LogP contribution in [0.2, 0.25) is 0 Å². The highest BCUT2D eigenvalue weighted by atomic mass is 16.3. The van der Waals surface area contributed by atoms with E-state index in [1.165, 1.54) is 5.56 Å². The molecule has 0 atom stereocenters. The second kappa shape index (κ2) is 4.57. The first-order chi connectivity index (χ1) is 8.06. The van der Waals surface area contributed by atoms with E-state index >= 15 is 0 Å². The van der Waals surface area contributed by atoms with Crippen LogP contribution in [0.1, 0.15) is 22.4 Å². The quantitative estimate of drug-likeness (QED) is 0.878. The minimum atomic E-state index is 0.336. The second-order valence-corrected chi connectivity index (χ2v) is 4.44. The highest BCUT2D eigenvalue weighted by Gasteiger charge is 2.06. The van der Waals surface area contributed by atoms with Crippen LogP contribution in [0.5, 0.6) is 5.75 Å². The number of aromatic hydroxyl groups is 1. The van der Waals surface area contributed by atoms with Crippen LogP contribution in [0.25, 0.3) is 0 Å². The molecule has 4 heteroatoms. The Balaban J connectivity index is 2.14. The summed E-state index contributed by atoms with van der Waals surface area (Å²) in [4.78, 5) is 0. The fraction of sp³-hybridized carbons (Fsp3) is 0.385. The zero-order valence-corrected chi connectivity index (χ0v) is 10.4. The van der Waals surface area contributed by atoms with Crippen molar-refractivity contribution < 1.29 is 5.11 Å². The van der Waals surface area contributed by atoms with Gasteiger partial charge >= 0.3 is 0 Å². The molecule has 0 spiro atoms. The molecule has 2 aromatic rings. The molecule has 0 saturated heterocycles. The van der Waals surface area contributed by atoms with Gasteiger partial charge in [-0.15, -0.1) is 5.10 Å². The van der Waals surface area contributed by atoms with Crippen LogP contribution in [0.4, 0.5) is 0 Å². The predicted molar refractivity (Wildman–Crippen MR) is 66.0 cm³/mol. The van der Waals surface area contributed by atoms with E-state index in [2.05, 4.69) is 10.3 Å². The summed E-state index contributed by atoms with van der Waals surface area (Å²) in [6, 6.07) is 3.61. The smallest absolute Gasteiger partial charge is 0.116 e. The number of rotatable bonds is 3. The molecular weight excluding hydrogens is 214 g/mol. The maximum atomic E-state index is 9.48. The molecule has 1 N–H and O–H groups in total. The van der Waals surface area contributed by atoms with Crippen molar-refractivity contribution in [2.24, 2.45) is 7.05 Å². The lowest BCUT2D eigenvalue weighted by atomic mass is 9.97. The Morgan fingerprint density at radius 1 is 1.18 bits per heavy atom. The summed E-state index contributed by atoms with van der Waals surface area (Å²) in [5.41, 5.74) is 4.55. The normalized spacial score (nSPS) is 10.8. The van der Waals surface area contributed by atoms with Gasteiger partial charge in [0.2, 0.25) is 0 Å². The fourth-order valence-electron chi connectivity index (χ4n) is 2.13. The van der Waals surface area contributed by atoms with Gasteiger partial charge in [-0.25, -0.2) is 0 Å². The van der Waals surface area contributed by atoms with Gasteiger partial charge in [-0.3, -0.25) is 4.68 Å². The van der Waals surface area contributed by atoms with E-state index in [0.29, 0.717) is 5.75 Å². The molecule has 0 amide bonds. The zero-order chi connectivity index (χ0) is 12.4. The third kappa shape index (κ3) is 2.64. The minimum Gasteiger partial charge on any atom is -0.508 e. The monoisotopic (exact) mass is 231 g/mol. The molecule has 0 unspecified atom stereocenters. The van der Waals surface area contributed by atoms with Crippen LogP contribution in [0.15, 0.2) is 18.3 Å². The molecule has 0 radical (unpaired) electrons. The van der Waals surface area contributed by atoms with Gasteiger partial charge in [-0.2, -0.15) is 0 Å². The van der Waals surface area contributed by atoms with Crippen LogP contribution in [-0.4, -0.2) is 20.1 Å². The molecule has 0 fully saturated rings. The molecule has 0 aliphatic heterocycles. The number of aryl methyl sites for hydroxylation is 4. The Hall–Kier alpha value is -1.84. The van der Waals surface area contributed by atoms with Crippen LogP contribution in [-0.2, 0) is 19.9 Å². The first kappa shape index (κ1) is 11.6. The number of nitrogens with zero attached hydrogens (tertiary/aromatic N) is 3. The van der Waals surface area contributed by atoms with Crippen molar-refractivity contribution in [1.82, 2.24) is 15.0 Å². The Bertz CT molecular complexity index is 508. The van der Waals surface area contributed by atoms with Gasteiger partial charge in [0.25, 0.3) is 0 Å². The molecule has 0 bridgehead atoms. The minimum absolute atomic E-state index is 0.336. The van der Waals surface area contributed by atoms with Gasteiger partial charge in [0.15, 0.2) is 0 Å². The number of phenols is 1. The van der Waals surface area contributed by atoms with Gasteiger partial charge in [-0.05, 0) is 55.5 Å². The van der Waals surface area contributed by atoms with Crippen molar-refractivity contribution in [3.63, 3.8) is 0 Å². The summed E-state index contributed by atoms with van der Waals surface area (Å²) in [5, 5.41) is 17.5. The summed E-state index contributed by atoms with van der Waals surface area (Å²) in [6.07, 6.45) is 3.74. The number of hydrogen-bond donors (Lipinski definition) is 1. The third-order valence-electron chi connectivity index (χ3n) is 2.96. The fourth-order valence-corrected chi connectivity index (χ4v) is 2.13. The molecule has 1 aromatic carbocycles. The van der Waals surface area contributed by atoms with Gasteiger partial charge in [0.1, 0.15) is 5.75 Å². The number of phenolic OH excluding ortho intramolecular Hbond substituents is 1. The highest BCUT2D eigenvalue weighted by Crippen LogP contribution is 2.21. The SMILES string of the molecule is Cc1cc(O)cc(C)c1CCc1cn(C)nn1. The Morgan fingerprint density at radius 2 is 1.82 bits per heavy atom. The number of aromatic nitrogens is 3. The molecule has 2 rings (SSSR count). The summed E-state index contributed by atoms with van der Waals surface area (Å²) in [7, 11) is 1.87. The van der Waals surface area contributed by atoms with Gasteiger partial charge in [0, 0.05) is 13.2 Å². The summed E-state index contributed by atoms with van der Waals surface area (Å²) in [6.45, 7) is 4.05. The van der Waals surface area contributed by atoms with Crippen molar-refractivity contribution in [2.75, 3.05) is 0 Å². The van der Waals surface area contributed by atoms with E-state index in [0.717, 1.165) is 29.7 Å². The van der Waals surface area contributed by atoms with Gasteiger partial charge in [-0.1, -0.05) is 5.21 Å². The molecule has 17 heavy (non-hydrogen) atoms. The van der Waals surface area contributed by atoms with Gasteiger partial charge < -0.3 is 5.11 Å². The summed E-state index contributed by atoms with van der Waals surface area (Å²) in [5.74, 6) is 0.336. The molecule has 1 heterocycles. The van der Waals surface area contributed by atoms with E-state index in [9.17, 15) is 5.11 Å². The van der Waals surface area contributed by atoms with E-state index in [4.69, 9.17) is 0 Å². The Kier molecular flexibility index (Phi) is 3.13. The van der Waals surface area contributed by atoms with Crippen molar-refractivity contribution in [3.8, 4) is 5.75 Å². The highest BCUT2D eigenvalue weighted by molar-refractivity contribution is 5.40. The predicted octanol–water partition coefficient (Wildman–Crippen LogP) is 1.92. The van der Waals surface area contributed by atoms with E-state index in [1.54, 1.807) is 16.8 Å². The molecular formula is C13H17N3O. The first-order valence-electron chi connectivity index (χ1n) is 5.70. The van der Waals surface area contributed by atoms with Crippen molar-refractivity contribution in [1.29, 1.82) is 0 Å². The lowest BCUT2D eigenvalue weighted by Gasteiger charge is -2.09. The van der Waals surface area contributed by atoms with Gasteiger partial charge in [0.05, 0.1) is 5.69 Å². The van der Waals surface area contributed by atoms with Crippen molar-refractivity contribution >= 4 is 0 Å². The summed E-state index contributed by atoms with van der Waals surface area (Å²) >= 11 is 0. The molecule has 0 aliphatic carbocycles. The largest absolute Gasteiger partial charge is 0.508 e. The molecule has 90 valence electrons. The molecule has 0 saturated carbocycles. The maximum Gasteiger partial charge on any atom is 0.116 e. The van der Waals surface area contributed by atoms with E-state index in [1.807, 2.05) is 27.1 Å². The van der Waals surface area contributed by atoms with Crippen LogP contribution >= 0.6 is 0 Å². The topological polar surface area (TPSA) is 50.9 Å². The lowest BCUT2D eigenvalue weighted by molar-refractivity contribution is 0.474. The zero-order valence-electron chi connectivity index (χ0n) is 10.4. The van der Waals surface area contributed by atoms with E-state index < -0.39 is 0 Å². The second-order valence-electron chi connectivity index (χ2n) is 4.44. The Morgan fingerprint density at radius 3 is 2.35 bits per heavy atom. The number of hydrogen-bond acceptors (Lipinski definition) is 3. The number of benzene rings is 1. The van der Waals surface area contributed by atoms with E-state index in [-0.39, 0.29) is 0 Å². The maximum absolute atomic E-state index is 9.48. The van der Waals surface area contributed by atoms with Crippen LogP contribution < -0.4 is 0 Å². The molecule has 4 nitrogen and oxygen atoms in total. The Labute approximate surface area is 101 Å². The third-order valence-corrected chi connectivity index (χ3v) is 2.96. The van der Waals surface area contributed by atoms with Crippen molar-refractivity contribution in [2.45, 2.75) is 26.7 Å². The van der Waals surface area contributed by atoms with Crippen molar-refractivity contribution in [3.05, 3.63) is 40.7 Å². The average molecular weight is 231 g/mol. The molecule has 1 aromatic heterocycles.